The number of rotatable bonds is 2. The van der Waals surface area contributed by atoms with Gasteiger partial charge in [-0.25, -0.2) is 0 Å². The van der Waals surface area contributed by atoms with E-state index in [9.17, 15) is 10.1 Å². The van der Waals surface area contributed by atoms with Crippen LogP contribution in [0.5, 0.6) is 0 Å². The number of amides is 1. The van der Waals surface area contributed by atoms with Crippen LogP contribution < -0.4 is 4.90 Å². The molecule has 0 aliphatic carbocycles. The normalized spacial score (nSPS) is 20.0. The van der Waals surface area contributed by atoms with E-state index in [4.69, 9.17) is 0 Å². The van der Waals surface area contributed by atoms with E-state index in [1.165, 1.54) is 5.56 Å². The van der Waals surface area contributed by atoms with Gasteiger partial charge in [0, 0.05) is 18.0 Å². The van der Waals surface area contributed by atoms with Crippen LogP contribution in [0, 0.1) is 18.3 Å². The molecule has 2 heterocycles. The molecule has 1 amide bonds. The third kappa shape index (κ3) is 2.87. The van der Waals surface area contributed by atoms with Crippen molar-refractivity contribution in [2.24, 2.45) is 0 Å². The first-order valence-electron chi connectivity index (χ1n) is 8.62. The highest BCUT2D eigenvalue weighted by Crippen LogP contribution is 2.43. The predicted octanol–water partition coefficient (Wildman–Crippen LogP) is 4.21. The monoisotopic (exact) mass is 361 g/mol. The maximum Gasteiger partial charge on any atom is 0.229 e. The quantitative estimate of drug-likeness (QED) is 0.804. The molecule has 0 spiro atoms. The average Bonchev–Trinajstić information content (AvgIpc) is 2.69. The van der Waals surface area contributed by atoms with E-state index >= 15 is 0 Å². The number of hydrogen-bond acceptors (Lipinski definition) is 4. The molecule has 1 saturated heterocycles. The Morgan fingerprint density at radius 1 is 1.12 bits per heavy atom. The number of anilines is 1. The minimum atomic E-state index is -0.141. The van der Waals surface area contributed by atoms with E-state index in [0.29, 0.717) is 18.7 Å². The van der Waals surface area contributed by atoms with Crippen molar-refractivity contribution < 1.29 is 4.79 Å². The van der Waals surface area contributed by atoms with Crippen molar-refractivity contribution in [1.82, 2.24) is 4.90 Å². The fourth-order valence-electron chi connectivity index (χ4n) is 3.60. The Hall–Kier alpha value is -2.71. The number of nitrogens with zero attached hydrogens (tertiary/aromatic N) is 3. The Morgan fingerprint density at radius 2 is 1.85 bits per heavy atom. The van der Waals surface area contributed by atoms with Gasteiger partial charge in [-0.05, 0) is 24.1 Å². The molecule has 1 fully saturated rings. The second-order valence-corrected chi connectivity index (χ2v) is 7.49. The predicted molar refractivity (Wildman–Crippen MR) is 104 cm³/mol. The average molecular weight is 361 g/mol. The Kier molecular flexibility index (Phi) is 4.44. The van der Waals surface area contributed by atoms with Crippen LogP contribution in [0.4, 0.5) is 5.69 Å². The van der Waals surface area contributed by atoms with Crippen LogP contribution in [-0.4, -0.2) is 23.4 Å². The van der Waals surface area contributed by atoms with Gasteiger partial charge in [-0.1, -0.05) is 60.3 Å². The van der Waals surface area contributed by atoms with Crippen LogP contribution in [0.15, 0.2) is 65.2 Å². The first-order chi connectivity index (χ1) is 12.7. The lowest BCUT2D eigenvalue weighted by Crippen LogP contribution is -2.47. The Balaban J connectivity index is 1.68. The summed E-state index contributed by atoms with van der Waals surface area (Å²) in [7, 11) is 0. The van der Waals surface area contributed by atoms with E-state index in [1.807, 2.05) is 42.5 Å². The number of nitriles is 1. The van der Waals surface area contributed by atoms with Crippen LogP contribution in [0.25, 0.3) is 0 Å². The minimum Gasteiger partial charge on any atom is -0.343 e. The maximum atomic E-state index is 12.9. The number of allylic oxidation sites excluding steroid dienone is 1. The molecule has 0 bridgehead atoms. The highest BCUT2D eigenvalue weighted by atomic mass is 32.2. The van der Waals surface area contributed by atoms with E-state index in [-0.39, 0.29) is 11.8 Å². The highest BCUT2D eigenvalue weighted by Gasteiger charge is 2.38. The number of aryl methyl sites for hydroxylation is 1. The molecule has 5 heteroatoms. The highest BCUT2D eigenvalue weighted by molar-refractivity contribution is 8.03. The molecule has 26 heavy (non-hydrogen) atoms. The van der Waals surface area contributed by atoms with Crippen LogP contribution in [0.1, 0.15) is 23.5 Å². The number of carbonyl (C=O) groups excluding carboxylic acids is 1. The molecule has 0 N–H and O–H groups in total. The van der Waals surface area contributed by atoms with Crippen molar-refractivity contribution in [3.05, 3.63) is 76.3 Å². The van der Waals surface area contributed by atoms with Crippen LogP contribution in [0.3, 0.4) is 0 Å². The van der Waals surface area contributed by atoms with Gasteiger partial charge in [-0.3, -0.25) is 9.69 Å². The summed E-state index contributed by atoms with van der Waals surface area (Å²) in [6, 6.07) is 20.4. The fraction of sp³-hybridized carbons (Fsp3) is 0.238. The molecule has 2 aromatic carbocycles. The van der Waals surface area contributed by atoms with Gasteiger partial charge in [0.1, 0.15) is 0 Å². The summed E-state index contributed by atoms with van der Waals surface area (Å²) in [6.07, 6.45) is 0.346. The van der Waals surface area contributed by atoms with E-state index < -0.39 is 0 Å². The van der Waals surface area contributed by atoms with Crippen LogP contribution in [0.2, 0.25) is 0 Å². The third-order valence-electron chi connectivity index (χ3n) is 4.95. The molecule has 1 atom stereocenters. The lowest BCUT2D eigenvalue weighted by atomic mass is 9.86. The smallest absolute Gasteiger partial charge is 0.229 e. The molecule has 130 valence electrons. The van der Waals surface area contributed by atoms with E-state index in [0.717, 1.165) is 22.2 Å². The van der Waals surface area contributed by atoms with Crippen molar-refractivity contribution in [2.45, 2.75) is 19.3 Å². The topological polar surface area (TPSA) is 47.3 Å². The largest absolute Gasteiger partial charge is 0.343 e. The summed E-state index contributed by atoms with van der Waals surface area (Å²) in [5, 5.41) is 10.6. The second-order valence-electron chi connectivity index (χ2n) is 6.56. The number of benzene rings is 2. The van der Waals surface area contributed by atoms with Crippen molar-refractivity contribution >= 4 is 23.4 Å². The number of carbonyl (C=O) groups is 1. The Bertz CT molecular complexity index is 916. The Morgan fingerprint density at radius 3 is 2.58 bits per heavy atom. The molecule has 4 rings (SSSR count). The molecule has 4 nitrogen and oxygen atoms in total. The Labute approximate surface area is 157 Å². The molecule has 2 aliphatic heterocycles. The number of fused-ring (bicyclic) bond motifs is 1. The second kappa shape index (κ2) is 6.89. The zero-order valence-electron chi connectivity index (χ0n) is 14.6. The molecule has 0 radical (unpaired) electrons. The number of thioether (sulfide) groups is 1. The summed E-state index contributed by atoms with van der Waals surface area (Å²) >= 11 is 1.58. The molecule has 0 aromatic heterocycles. The van der Waals surface area contributed by atoms with Gasteiger partial charge >= 0.3 is 0 Å². The van der Waals surface area contributed by atoms with Gasteiger partial charge in [0.15, 0.2) is 0 Å². The van der Waals surface area contributed by atoms with Gasteiger partial charge in [0.2, 0.25) is 5.91 Å². The van der Waals surface area contributed by atoms with Gasteiger partial charge in [0.25, 0.3) is 0 Å². The molecular weight excluding hydrogens is 342 g/mol. The van der Waals surface area contributed by atoms with Crippen molar-refractivity contribution in [3.63, 3.8) is 0 Å². The van der Waals surface area contributed by atoms with Crippen molar-refractivity contribution in [3.8, 4) is 6.07 Å². The minimum absolute atomic E-state index is 0.0821. The summed E-state index contributed by atoms with van der Waals surface area (Å²) < 4.78 is 0. The van der Waals surface area contributed by atoms with Crippen molar-refractivity contribution in [1.29, 1.82) is 5.26 Å². The molecule has 2 aliphatic rings. The first kappa shape index (κ1) is 16.7. The molecular formula is C21H19N3OS. The van der Waals surface area contributed by atoms with Gasteiger partial charge in [-0.2, -0.15) is 5.26 Å². The first-order valence-corrected chi connectivity index (χ1v) is 9.60. The zero-order chi connectivity index (χ0) is 18.1. The SMILES string of the molecule is Cc1ccccc1N1CSC2=C(C#N)[C@H](c3ccccc3)CC(=O)N2C1. The fourth-order valence-corrected chi connectivity index (χ4v) is 4.76. The van der Waals surface area contributed by atoms with Gasteiger partial charge < -0.3 is 4.90 Å². The summed E-state index contributed by atoms with van der Waals surface area (Å²) in [6.45, 7) is 2.58. The van der Waals surface area contributed by atoms with Gasteiger partial charge in [0.05, 0.1) is 29.2 Å². The van der Waals surface area contributed by atoms with Crippen molar-refractivity contribution in [2.75, 3.05) is 17.4 Å². The lowest BCUT2D eigenvalue weighted by Gasteiger charge is -2.42. The summed E-state index contributed by atoms with van der Waals surface area (Å²) in [4.78, 5) is 16.8. The van der Waals surface area contributed by atoms with Crippen LogP contribution >= 0.6 is 11.8 Å². The zero-order valence-corrected chi connectivity index (χ0v) is 15.4. The third-order valence-corrected chi connectivity index (χ3v) is 6.11. The lowest BCUT2D eigenvalue weighted by molar-refractivity contribution is -0.129. The van der Waals surface area contributed by atoms with E-state index in [2.05, 4.69) is 30.0 Å². The molecule has 0 saturated carbocycles. The number of hydrogen-bond donors (Lipinski definition) is 0. The maximum absolute atomic E-state index is 12.9. The standard InChI is InChI=1S/C21H19N3OS/c1-15-7-5-6-10-19(15)23-13-24-20(25)11-17(16-8-3-2-4-9-16)18(12-22)21(24)26-14-23/h2-10,17H,11,13-14H2,1H3/t17-/m0/s1. The van der Waals surface area contributed by atoms with Crippen LogP contribution in [-0.2, 0) is 4.79 Å². The molecule has 2 aromatic rings. The number of para-hydroxylation sites is 1. The summed E-state index contributed by atoms with van der Waals surface area (Å²) in [5.74, 6) is 0.674. The summed E-state index contributed by atoms with van der Waals surface area (Å²) in [5.41, 5.74) is 4.07. The molecule has 0 unspecified atom stereocenters. The van der Waals surface area contributed by atoms with E-state index in [1.54, 1.807) is 16.7 Å². The van der Waals surface area contributed by atoms with Gasteiger partial charge in [-0.15, -0.1) is 0 Å².